The maximum Gasteiger partial charge on any atom is 0.0515 e. The molecule has 2 saturated carbocycles. The first-order valence-corrected chi connectivity index (χ1v) is 11.2. The Labute approximate surface area is 155 Å². The maximum absolute atomic E-state index is 4.02. The van der Waals surface area contributed by atoms with E-state index in [1.54, 1.807) is 0 Å². The zero-order valence-corrected chi connectivity index (χ0v) is 16.6. The first-order chi connectivity index (χ1) is 12.2. The quantitative estimate of drug-likeness (QED) is 0.705. The molecular formula is C21H40N4. The molecule has 0 aromatic rings. The number of nitrogens with one attached hydrogen (secondary N) is 2. The number of rotatable bonds is 0. The maximum atomic E-state index is 4.02. The summed E-state index contributed by atoms with van der Waals surface area (Å²) < 4.78 is 0. The second-order valence-corrected chi connectivity index (χ2v) is 9.33. The van der Waals surface area contributed by atoms with Crippen molar-refractivity contribution in [3.05, 3.63) is 0 Å². The van der Waals surface area contributed by atoms with Crippen LogP contribution in [0.3, 0.4) is 0 Å². The molecule has 2 heterocycles. The van der Waals surface area contributed by atoms with E-state index in [1.807, 2.05) is 0 Å². The fourth-order valence-corrected chi connectivity index (χ4v) is 6.06. The molecule has 2 saturated heterocycles. The van der Waals surface area contributed by atoms with Crippen LogP contribution < -0.4 is 10.6 Å². The van der Waals surface area contributed by atoms with Crippen molar-refractivity contribution in [2.45, 2.75) is 114 Å². The summed E-state index contributed by atoms with van der Waals surface area (Å²) in [7, 11) is 0. The van der Waals surface area contributed by atoms with E-state index in [2.05, 4.69) is 34.3 Å². The molecule has 4 heteroatoms. The molecule has 2 aliphatic carbocycles. The number of hydrogen-bond donors (Lipinski definition) is 2. The van der Waals surface area contributed by atoms with Gasteiger partial charge in [-0.25, -0.2) is 0 Å². The summed E-state index contributed by atoms with van der Waals surface area (Å²) in [4.78, 5) is 5.74. The Morgan fingerprint density at radius 2 is 1.48 bits per heavy atom. The van der Waals surface area contributed by atoms with Crippen LogP contribution in [-0.2, 0) is 0 Å². The van der Waals surface area contributed by atoms with E-state index in [0.717, 1.165) is 18.1 Å². The minimum atomic E-state index is 0.638. The fraction of sp³-hybridized carbons (Fsp3) is 1.00. The SMILES string of the molecule is C[C@@H]1CCN2CN1[C@@H]1CCCC[C@H]1NCC[C@H](C)N[C@H]1CCCC[C@@H]12. The van der Waals surface area contributed by atoms with Crippen molar-refractivity contribution in [3.8, 4) is 0 Å². The molecular weight excluding hydrogens is 308 g/mol. The highest BCUT2D eigenvalue weighted by atomic mass is 15.4. The predicted molar refractivity (Wildman–Crippen MR) is 105 cm³/mol. The van der Waals surface area contributed by atoms with Gasteiger partial charge >= 0.3 is 0 Å². The molecule has 0 radical (unpaired) electrons. The lowest BCUT2D eigenvalue weighted by Gasteiger charge is -2.52. The Kier molecular flexibility index (Phi) is 6.01. The van der Waals surface area contributed by atoms with Gasteiger partial charge in [-0.15, -0.1) is 0 Å². The summed E-state index contributed by atoms with van der Waals surface area (Å²) in [6.45, 7) is 8.58. The van der Waals surface area contributed by atoms with Crippen LogP contribution in [0.15, 0.2) is 0 Å². The normalized spacial score (nSPS) is 49.2. The summed E-state index contributed by atoms with van der Waals surface area (Å²) >= 11 is 0. The summed E-state index contributed by atoms with van der Waals surface area (Å²) in [5.74, 6) is 0. The van der Waals surface area contributed by atoms with Crippen molar-refractivity contribution >= 4 is 0 Å². The molecule has 0 aromatic heterocycles. The van der Waals surface area contributed by atoms with Crippen LogP contribution in [0.4, 0.5) is 0 Å². The van der Waals surface area contributed by atoms with E-state index in [0.29, 0.717) is 18.1 Å². The minimum Gasteiger partial charge on any atom is -0.312 e. The van der Waals surface area contributed by atoms with Gasteiger partial charge in [-0.1, -0.05) is 25.7 Å². The van der Waals surface area contributed by atoms with Gasteiger partial charge in [-0.05, 0) is 58.9 Å². The second-order valence-electron chi connectivity index (χ2n) is 9.33. The molecule has 144 valence electrons. The van der Waals surface area contributed by atoms with Gasteiger partial charge in [0.25, 0.3) is 0 Å². The minimum absolute atomic E-state index is 0.638. The van der Waals surface area contributed by atoms with Crippen LogP contribution >= 0.6 is 0 Å². The average molecular weight is 349 g/mol. The second kappa shape index (κ2) is 8.24. The highest BCUT2D eigenvalue weighted by Crippen LogP contribution is 2.32. The van der Waals surface area contributed by atoms with Crippen LogP contribution in [0.5, 0.6) is 0 Å². The van der Waals surface area contributed by atoms with E-state index in [4.69, 9.17) is 0 Å². The highest BCUT2D eigenvalue weighted by molar-refractivity contribution is 4.96. The molecule has 2 unspecified atom stereocenters. The van der Waals surface area contributed by atoms with Crippen LogP contribution in [0.2, 0.25) is 0 Å². The van der Waals surface area contributed by atoms with Crippen molar-refractivity contribution < 1.29 is 0 Å². The molecule has 2 aliphatic heterocycles. The first-order valence-electron chi connectivity index (χ1n) is 11.2. The zero-order valence-electron chi connectivity index (χ0n) is 16.6. The molecule has 25 heavy (non-hydrogen) atoms. The molecule has 4 rings (SSSR count). The zero-order chi connectivity index (χ0) is 17.2. The Bertz CT molecular complexity index is 428. The van der Waals surface area contributed by atoms with E-state index in [1.165, 1.54) is 84.0 Å². The fourth-order valence-electron chi connectivity index (χ4n) is 6.06. The average Bonchev–Trinajstić information content (AvgIpc) is 2.62. The Morgan fingerprint density at radius 3 is 2.32 bits per heavy atom. The van der Waals surface area contributed by atoms with Gasteiger partial charge in [-0.2, -0.15) is 0 Å². The lowest BCUT2D eigenvalue weighted by Crippen LogP contribution is -2.65. The molecule has 4 nitrogen and oxygen atoms in total. The largest absolute Gasteiger partial charge is 0.312 e. The van der Waals surface area contributed by atoms with Gasteiger partial charge in [0.2, 0.25) is 0 Å². The Balaban J connectivity index is 1.57. The third-order valence-corrected chi connectivity index (χ3v) is 7.58. The van der Waals surface area contributed by atoms with Gasteiger partial charge in [0.15, 0.2) is 0 Å². The molecule has 4 fully saturated rings. The standard InChI is InChI=1S/C21H40N4/c1-16-11-13-22-18-7-3-6-10-21(18)25-15-24(14-12-17(25)2)20-9-5-4-8-19(20)23-16/h16-23H,3-15H2,1-2H3/t16-,17+,18+,19-,20-,21+/m0/s1. The summed E-state index contributed by atoms with van der Waals surface area (Å²) in [6.07, 6.45) is 13.9. The summed E-state index contributed by atoms with van der Waals surface area (Å²) in [6, 6.07) is 4.34. The first kappa shape index (κ1) is 18.2. The van der Waals surface area contributed by atoms with Crippen molar-refractivity contribution in [3.63, 3.8) is 0 Å². The van der Waals surface area contributed by atoms with E-state index < -0.39 is 0 Å². The van der Waals surface area contributed by atoms with Gasteiger partial charge in [0.1, 0.15) is 0 Å². The monoisotopic (exact) mass is 348 g/mol. The van der Waals surface area contributed by atoms with Crippen LogP contribution in [0.1, 0.15) is 78.1 Å². The summed E-state index contributed by atoms with van der Waals surface area (Å²) in [5.41, 5.74) is 0. The Morgan fingerprint density at radius 1 is 0.760 bits per heavy atom. The van der Waals surface area contributed by atoms with Gasteiger partial charge in [0, 0.05) is 42.8 Å². The molecule has 4 aliphatic rings. The third kappa shape index (κ3) is 4.07. The molecule has 0 amide bonds. The number of hydrogen-bond acceptors (Lipinski definition) is 4. The lowest BCUT2D eigenvalue weighted by atomic mass is 9.85. The smallest absolute Gasteiger partial charge is 0.0515 e. The van der Waals surface area contributed by atoms with E-state index in [-0.39, 0.29) is 0 Å². The van der Waals surface area contributed by atoms with Crippen LogP contribution in [0.25, 0.3) is 0 Å². The Hall–Kier alpha value is -0.160. The van der Waals surface area contributed by atoms with Crippen molar-refractivity contribution in [2.75, 3.05) is 19.8 Å². The number of fused-ring (bicyclic) bond motifs is 6. The van der Waals surface area contributed by atoms with Crippen molar-refractivity contribution in [2.24, 2.45) is 0 Å². The third-order valence-electron chi connectivity index (χ3n) is 7.58. The summed E-state index contributed by atoms with van der Waals surface area (Å²) in [5, 5.41) is 7.99. The van der Waals surface area contributed by atoms with Gasteiger partial charge in [0.05, 0.1) is 6.67 Å². The van der Waals surface area contributed by atoms with E-state index in [9.17, 15) is 0 Å². The van der Waals surface area contributed by atoms with Crippen LogP contribution in [-0.4, -0.2) is 65.8 Å². The molecule has 0 aromatic carbocycles. The predicted octanol–water partition coefficient (Wildman–Crippen LogP) is 2.93. The van der Waals surface area contributed by atoms with Crippen molar-refractivity contribution in [1.82, 2.24) is 20.4 Å². The van der Waals surface area contributed by atoms with Crippen molar-refractivity contribution in [1.29, 1.82) is 0 Å². The number of nitrogens with zero attached hydrogens (tertiary/aromatic N) is 2. The van der Waals surface area contributed by atoms with Gasteiger partial charge in [-0.3, -0.25) is 9.80 Å². The van der Waals surface area contributed by atoms with Gasteiger partial charge < -0.3 is 10.6 Å². The van der Waals surface area contributed by atoms with E-state index >= 15 is 0 Å². The topological polar surface area (TPSA) is 30.5 Å². The molecule has 2 bridgehead atoms. The molecule has 8 atom stereocenters. The highest BCUT2D eigenvalue weighted by Gasteiger charge is 2.39. The molecule has 0 spiro atoms. The van der Waals surface area contributed by atoms with Crippen LogP contribution in [0, 0.1) is 0 Å². The molecule has 2 N–H and O–H groups in total. The lowest BCUT2D eigenvalue weighted by molar-refractivity contribution is -0.0428.